The van der Waals surface area contributed by atoms with Crippen LogP contribution in [-0.2, 0) is 9.59 Å². The number of amides is 2. The standard InChI is InChI=1S/C13H13ClN4O3/c14-5-12(19)18-7-10(13(20)17-11(16)6-15)21-9-4-2-1-3-8(9)18/h1-4,6,10,15H,5,7H2,(H2,16,17,20). The van der Waals surface area contributed by atoms with E-state index in [-0.39, 0.29) is 24.2 Å². The summed E-state index contributed by atoms with van der Waals surface area (Å²) >= 11 is 5.59. The van der Waals surface area contributed by atoms with Crippen molar-refractivity contribution in [2.75, 3.05) is 17.3 Å². The number of nitrogens with one attached hydrogen (secondary N) is 3. The fourth-order valence-corrected chi connectivity index (χ4v) is 2.07. The highest BCUT2D eigenvalue weighted by Crippen LogP contribution is 2.33. The Hall–Kier alpha value is -2.41. The molecule has 110 valence electrons. The molecule has 1 aliphatic rings. The van der Waals surface area contributed by atoms with E-state index in [4.69, 9.17) is 27.2 Å². The fraction of sp³-hybridized carbons (Fsp3) is 0.231. The number of ether oxygens (including phenoxy) is 1. The molecule has 1 aromatic carbocycles. The molecule has 0 bridgehead atoms. The van der Waals surface area contributed by atoms with Crippen molar-refractivity contribution in [2.24, 2.45) is 0 Å². The lowest BCUT2D eigenvalue weighted by Crippen LogP contribution is -2.52. The number of halogens is 1. The summed E-state index contributed by atoms with van der Waals surface area (Å²) in [6.07, 6.45) is -0.261. The molecule has 21 heavy (non-hydrogen) atoms. The van der Waals surface area contributed by atoms with Gasteiger partial charge >= 0.3 is 0 Å². The third-order valence-electron chi connectivity index (χ3n) is 2.88. The molecule has 1 atom stereocenters. The lowest BCUT2D eigenvalue weighted by atomic mass is 10.1. The van der Waals surface area contributed by atoms with Crippen molar-refractivity contribution in [1.82, 2.24) is 5.32 Å². The quantitative estimate of drug-likeness (QED) is 0.436. The number of anilines is 1. The van der Waals surface area contributed by atoms with E-state index in [2.05, 4.69) is 5.32 Å². The predicted molar refractivity (Wildman–Crippen MR) is 78.6 cm³/mol. The maximum atomic E-state index is 12.0. The Morgan fingerprint density at radius 3 is 2.86 bits per heavy atom. The van der Waals surface area contributed by atoms with Gasteiger partial charge in [0.05, 0.1) is 18.4 Å². The Morgan fingerprint density at radius 2 is 2.19 bits per heavy atom. The Balaban J connectivity index is 2.25. The van der Waals surface area contributed by atoms with Gasteiger partial charge in [-0.1, -0.05) is 12.1 Å². The maximum absolute atomic E-state index is 12.0. The summed E-state index contributed by atoms with van der Waals surface area (Å²) in [7, 11) is 0. The zero-order valence-corrected chi connectivity index (χ0v) is 11.7. The molecule has 1 unspecified atom stereocenters. The molecule has 1 aliphatic heterocycles. The third-order valence-corrected chi connectivity index (χ3v) is 3.11. The number of hydrogen-bond donors (Lipinski definition) is 3. The van der Waals surface area contributed by atoms with Gasteiger partial charge in [0.15, 0.2) is 6.10 Å². The molecular weight excluding hydrogens is 296 g/mol. The van der Waals surface area contributed by atoms with E-state index in [0.717, 1.165) is 0 Å². The van der Waals surface area contributed by atoms with Gasteiger partial charge in [0, 0.05) is 0 Å². The molecule has 2 rings (SSSR count). The molecule has 0 aliphatic carbocycles. The molecule has 0 fully saturated rings. The fourth-order valence-electron chi connectivity index (χ4n) is 1.93. The van der Waals surface area contributed by atoms with Crippen LogP contribution in [0.4, 0.5) is 5.69 Å². The van der Waals surface area contributed by atoms with Crippen LogP contribution in [0, 0.1) is 10.8 Å². The van der Waals surface area contributed by atoms with Crippen molar-refractivity contribution >= 4 is 41.2 Å². The average molecular weight is 309 g/mol. The van der Waals surface area contributed by atoms with Crippen LogP contribution in [-0.4, -0.2) is 42.4 Å². The van der Waals surface area contributed by atoms with Crippen LogP contribution in [0.3, 0.4) is 0 Å². The van der Waals surface area contributed by atoms with Gasteiger partial charge in [-0.05, 0) is 12.1 Å². The smallest absolute Gasteiger partial charge is 0.268 e. The SMILES string of the molecule is N=CC(=N)NC(=O)C1CN(C(=O)CCl)c2ccccc2O1. The van der Waals surface area contributed by atoms with Gasteiger partial charge in [0.2, 0.25) is 5.91 Å². The Bertz CT molecular complexity index is 605. The number of hydrogen-bond acceptors (Lipinski definition) is 5. The van der Waals surface area contributed by atoms with E-state index in [1.807, 2.05) is 0 Å². The maximum Gasteiger partial charge on any atom is 0.268 e. The second kappa shape index (κ2) is 6.36. The molecule has 3 N–H and O–H groups in total. The summed E-state index contributed by atoms with van der Waals surface area (Å²) in [6, 6.07) is 6.82. The average Bonchev–Trinajstić information content (AvgIpc) is 2.52. The number of carbonyl (C=O) groups excluding carboxylic acids is 2. The second-order valence-corrected chi connectivity index (χ2v) is 4.53. The number of rotatable bonds is 3. The van der Waals surface area contributed by atoms with Gasteiger partial charge in [-0.25, -0.2) is 0 Å². The van der Waals surface area contributed by atoms with Crippen molar-refractivity contribution in [3.05, 3.63) is 24.3 Å². The van der Waals surface area contributed by atoms with E-state index in [0.29, 0.717) is 17.7 Å². The first-order valence-electron chi connectivity index (χ1n) is 6.08. The number of nitrogens with zero attached hydrogens (tertiary/aromatic N) is 1. The zero-order chi connectivity index (χ0) is 15.4. The molecule has 0 saturated carbocycles. The molecular formula is C13H13ClN4O3. The normalized spacial score (nSPS) is 16.4. The number of carbonyl (C=O) groups is 2. The highest BCUT2D eigenvalue weighted by Gasteiger charge is 2.33. The molecule has 0 saturated heterocycles. The summed E-state index contributed by atoms with van der Waals surface area (Å²) < 4.78 is 5.54. The first-order valence-corrected chi connectivity index (χ1v) is 6.62. The molecule has 0 spiro atoms. The molecule has 0 radical (unpaired) electrons. The first kappa shape index (κ1) is 15.0. The number of amidine groups is 1. The van der Waals surface area contributed by atoms with Gasteiger partial charge in [-0.15, -0.1) is 11.6 Å². The van der Waals surface area contributed by atoms with E-state index >= 15 is 0 Å². The van der Waals surface area contributed by atoms with Gasteiger partial charge in [-0.2, -0.15) is 0 Å². The van der Waals surface area contributed by atoms with Crippen LogP contribution < -0.4 is 15.0 Å². The largest absolute Gasteiger partial charge is 0.476 e. The van der Waals surface area contributed by atoms with Crippen LogP contribution in [0.15, 0.2) is 24.3 Å². The molecule has 1 aromatic rings. The van der Waals surface area contributed by atoms with Gasteiger partial charge in [0.25, 0.3) is 5.91 Å². The summed E-state index contributed by atoms with van der Waals surface area (Å²) in [5, 5.41) is 16.4. The minimum atomic E-state index is -0.965. The molecule has 0 aromatic heterocycles. The molecule has 7 nitrogen and oxygen atoms in total. The van der Waals surface area contributed by atoms with Crippen molar-refractivity contribution in [3.63, 3.8) is 0 Å². The molecule has 2 amide bonds. The third kappa shape index (κ3) is 3.19. The number of benzene rings is 1. The summed E-state index contributed by atoms with van der Waals surface area (Å²) in [5.74, 6) is -1.10. The Morgan fingerprint density at radius 1 is 1.48 bits per heavy atom. The van der Waals surface area contributed by atoms with Crippen molar-refractivity contribution in [2.45, 2.75) is 6.10 Å². The predicted octanol–water partition coefficient (Wildman–Crippen LogP) is 0.762. The van der Waals surface area contributed by atoms with Crippen molar-refractivity contribution in [3.8, 4) is 5.75 Å². The molecule has 1 heterocycles. The lowest BCUT2D eigenvalue weighted by molar-refractivity contribution is -0.126. The minimum absolute atomic E-state index is 0.000317. The Labute approximate surface area is 125 Å². The van der Waals surface area contributed by atoms with Crippen LogP contribution in [0.25, 0.3) is 0 Å². The lowest BCUT2D eigenvalue weighted by Gasteiger charge is -2.33. The van der Waals surface area contributed by atoms with Crippen LogP contribution in [0.2, 0.25) is 0 Å². The second-order valence-electron chi connectivity index (χ2n) is 4.26. The van der Waals surface area contributed by atoms with E-state index in [1.54, 1.807) is 24.3 Å². The monoisotopic (exact) mass is 308 g/mol. The Kier molecular flexibility index (Phi) is 4.54. The minimum Gasteiger partial charge on any atom is -0.476 e. The van der Waals surface area contributed by atoms with Crippen molar-refractivity contribution in [1.29, 1.82) is 10.8 Å². The number of alkyl halides is 1. The van der Waals surface area contributed by atoms with Crippen LogP contribution >= 0.6 is 11.6 Å². The van der Waals surface area contributed by atoms with Gasteiger partial charge in [-0.3, -0.25) is 15.0 Å². The number of para-hydroxylation sites is 2. The number of fused-ring (bicyclic) bond motifs is 1. The summed E-state index contributed by atoms with van der Waals surface area (Å²) in [6.45, 7) is -0.000317. The van der Waals surface area contributed by atoms with Gasteiger partial charge < -0.3 is 20.4 Å². The van der Waals surface area contributed by atoms with Crippen LogP contribution in [0.1, 0.15) is 0 Å². The van der Waals surface area contributed by atoms with Crippen LogP contribution in [0.5, 0.6) is 5.75 Å². The van der Waals surface area contributed by atoms with E-state index in [1.165, 1.54) is 4.90 Å². The van der Waals surface area contributed by atoms with E-state index in [9.17, 15) is 9.59 Å². The van der Waals surface area contributed by atoms with Gasteiger partial charge in [0.1, 0.15) is 17.5 Å². The molecule has 8 heteroatoms. The highest BCUT2D eigenvalue weighted by molar-refractivity contribution is 6.31. The van der Waals surface area contributed by atoms with E-state index < -0.39 is 12.0 Å². The topological polar surface area (TPSA) is 106 Å². The summed E-state index contributed by atoms with van der Waals surface area (Å²) in [4.78, 5) is 25.3. The summed E-state index contributed by atoms with van der Waals surface area (Å²) in [5.41, 5.74) is 0.550. The highest BCUT2D eigenvalue weighted by atomic mass is 35.5. The first-order chi connectivity index (χ1) is 10.1. The van der Waals surface area contributed by atoms with Crippen molar-refractivity contribution < 1.29 is 14.3 Å². The zero-order valence-electron chi connectivity index (χ0n) is 10.9.